The smallest absolute Gasteiger partial charge is 0.255 e. The minimum absolute atomic E-state index is 0.0155. The number of rotatable bonds is 6. The van der Waals surface area contributed by atoms with E-state index in [0.717, 1.165) is 22.3 Å². The fourth-order valence-electron chi connectivity index (χ4n) is 3.56. The summed E-state index contributed by atoms with van der Waals surface area (Å²) in [4.78, 5) is 15.6. The maximum atomic E-state index is 13.7. The number of hydrogen-bond donors (Lipinski definition) is 0. The molecule has 0 fully saturated rings. The second-order valence-corrected chi connectivity index (χ2v) is 7.57. The molecule has 0 aliphatic carbocycles. The van der Waals surface area contributed by atoms with E-state index in [9.17, 15) is 4.79 Å². The van der Waals surface area contributed by atoms with Gasteiger partial charge in [-0.1, -0.05) is 109 Å². The normalized spacial score (nSPS) is 10.6. The number of benzene rings is 4. The Morgan fingerprint density at radius 2 is 1.07 bits per heavy atom. The summed E-state index contributed by atoms with van der Waals surface area (Å²) in [5.41, 5.74) is 4.55. The Hall–Kier alpha value is -3.36. The molecule has 0 aliphatic heterocycles. The van der Waals surface area contributed by atoms with Crippen molar-refractivity contribution in [2.45, 2.75) is 13.1 Å². The Balaban J connectivity index is 1.72. The van der Waals surface area contributed by atoms with E-state index in [1.54, 1.807) is 0 Å². The number of amides is 1. The van der Waals surface area contributed by atoms with Gasteiger partial charge in [-0.3, -0.25) is 4.79 Å². The summed E-state index contributed by atoms with van der Waals surface area (Å²) in [6.45, 7) is 1.07. The first-order valence-corrected chi connectivity index (χ1v) is 10.3. The van der Waals surface area contributed by atoms with Crippen LogP contribution in [0.4, 0.5) is 0 Å². The second-order valence-electron chi connectivity index (χ2n) is 7.16. The molecule has 0 N–H and O–H groups in total. The third kappa shape index (κ3) is 4.61. The van der Waals surface area contributed by atoms with Gasteiger partial charge in [0.1, 0.15) is 0 Å². The molecule has 0 spiro atoms. The van der Waals surface area contributed by atoms with Crippen LogP contribution < -0.4 is 0 Å². The molecule has 0 bridgehead atoms. The van der Waals surface area contributed by atoms with Crippen molar-refractivity contribution in [1.29, 1.82) is 0 Å². The molecular weight excluding hydrogens is 390 g/mol. The van der Waals surface area contributed by atoms with E-state index in [2.05, 4.69) is 0 Å². The average molecular weight is 412 g/mol. The fraction of sp³-hybridized carbons (Fsp3) is 0.0741. The molecule has 0 heterocycles. The van der Waals surface area contributed by atoms with Crippen molar-refractivity contribution in [3.8, 4) is 11.1 Å². The zero-order valence-electron chi connectivity index (χ0n) is 16.5. The van der Waals surface area contributed by atoms with Crippen LogP contribution in [0.5, 0.6) is 0 Å². The molecule has 2 nitrogen and oxygen atoms in total. The van der Waals surface area contributed by atoms with Crippen molar-refractivity contribution >= 4 is 17.5 Å². The first kappa shape index (κ1) is 19.9. The van der Waals surface area contributed by atoms with Crippen LogP contribution in [-0.4, -0.2) is 10.8 Å². The van der Waals surface area contributed by atoms with Gasteiger partial charge in [0.05, 0.1) is 0 Å². The Bertz CT molecular complexity index is 1080. The number of carbonyl (C=O) groups excluding carboxylic acids is 1. The van der Waals surface area contributed by atoms with Crippen molar-refractivity contribution in [2.24, 2.45) is 0 Å². The molecule has 148 valence electrons. The highest BCUT2D eigenvalue weighted by Crippen LogP contribution is 2.31. The monoisotopic (exact) mass is 411 g/mol. The van der Waals surface area contributed by atoms with Gasteiger partial charge in [0, 0.05) is 29.2 Å². The van der Waals surface area contributed by atoms with Gasteiger partial charge in [0.15, 0.2) is 0 Å². The summed E-state index contributed by atoms with van der Waals surface area (Å²) >= 11 is 6.45. The molecule has 0 radical (unpaired) electrons. The summed E-state index contributed by atoms with van der Waals surface area (Å²) in [6, 6.07) is 35.5. The van der Waals surface area contributed by atoms with E-state index in [0.29, 0.717) is 23.7 Å². The molecule has 0 aliphatic rings. The van der Waals surface area contributed by atoms with E-state index >= 15 is 0 Å². The number of halogens is 1. The predicted octanol–water partition coefficient (Wildman–Crippen LogP) is 6.85. The second kappa shape index (κ2) is 9.43. The molecule has 0 unspecified atom stereocenters. The Morgan fingerprint density at radius 1 is 0.600 bits per heavy atom. The molecule has 4 aromatic carbocycles. The van der Waals surface area contributed by atoms with Crippen molar-refractivity contribution in [1.82, 2.24) is 4.90 Å². The summed E-state index contributed by atoms with van der Waals surface area (Å²) in [5.74, 6) is -0.0155. The minimum atomic E-state index is -0.0155. The zero-order valence-corrected chi connectivity index (χ0v) is 17.3. The van der Waals surface area contributed by atoms with Crippen LogP contribution >= 0.6 is 11.6 Å². The van der Waals surface area contributed by atoms with Gasteiger partial charge in [0.2, 0.25) is 0 Å². The lowest BCUT2D eigenvalue weighted by Crippen LogP contribution is -2.30. The van der Waals surface area contributed by atoms with Gasteiger partial charge in [-0.2, -0.15) is 0 Å². The minimum Gasteiger partial charge on any atom is -0.330 e. The lowest BCUT2D eigenvalue weighted by atomic mass is 9.98. The summed E-state index contributed by atoms with van der Waals surface area (Å²) in [6.07, 6.45) is 0. The van der Waals surface area contributed by atoms with Crippen LogP contribution in [0, 0.1) is 0 Å². The summed E-state index contributed by atoms with van der Waals surface area (Å²) in [5, 5.41) is 0.635. The van der Waals surface area contributed by atoms with Gasteiger partial charge in [-0.15, -0.1) is 0 Å². The van der Waals surface area contributed by atoms with Crippen LogP contribution in [0.2, 0.25) is 5.02 Å². The van der Waals surface area contributed by atoms with E-state index in [-0.39, 0.29) is 5.91 Å². The van der Waals surface area contributed by atoms with Gasteiger partial charge in [0.25, 0.3) is 5.91 Å². The fourth-order valence-corrected chi connectivity index (χ4v) is 3.80. The predicted molar refractivity (Wildman–Crippen MR) is 123 cm³/mol. The number of nitrogens with zero attached hydrogens (tertiary/aromatic N) is 1. The Morgan fingerprint density at radius 3 is 1.63 bits per heavy atom. The van der Waals surface area contributed by atoms with Gasteiger partial charge < -0.3 is 4.90 Å². The van der Waals surface area contributed by atoms with Crippen LogP contribution in [0.15, 0.2) is 109 Å². The van der Waals surface area contributed by atoms with E-state index < -0.39 is 0 Å². The standard InChI is InChI=1S/C27H22ClNO/c28-26-18-10-9-16-24(26)23-15-7-8-17-25(23)27(30)29(19-21-11-3-1-4-12-21)20-22-13-5-2-6-14-22/h1-18H,19-20H2. The zero-order chi connectivity index (χ0) is 20.8. The molecule has 0 saturated carbocycles. The van der Waals surface area contributed by atoms with Gasteiger partial charge in [-0.05, 0) is 28.8 Å². The highest BCUT2D eigenvalue weighted by molar-refractivity contribution is 6.33. The summed E-state index contributed by atoms with van der Waals surface area (Å²) in [7, 11) is 0. The third-order valence-corrected chi connectivity index (χ3v) is 5.37. The van der Waals surface area contributed by atoms with Crippen molar-refractivity contribution in [2.75, 3.05) is 0 Å². The maximum absolute atomic E-state index is 13.7. The first-order valence-electron chi connectivity index (χ1n) is 9.93. The van der Waals surface area contributed by atoms with E-state index in [1.807, 2.05) is 114 Å². The summed E-state index contributed by atoms with van der Waals surface area (Å²) < 4.78 is 0. The molecule has 0 atom stereocenters. The van der Waals surface area contributed by atoms with E-state index in [1.165, 1.54) is 0 Å². The quantitative estimate of drug-likeness (QED) is 0.339. The largest absolute Gasteiger partial charge is 0.330 e. The highest BCUT2D eigenvalue weighted by Gasteiger charge is 2.21. The number of hydrogen-bond acceptors (Lipinski definition) is 1. The molecule has 0 aromatic heterocycles. The molecule has 1 amide bonds. The third-order valence-electron chi connectivity index (χ3n) is 5.04. The molecule has 3 heteroatoms. The number of carbonyl (C=O) groups is 1. The van der Waals surface area contributed by atoms with Crippen LogP contribution in [0.3, 0.4) is 0 Å². The first-order chi connectivity index (χ1) is 14.7. The Labute approximate surface area is 182 Å². The molecule has 4 rings (SSSR count). The molecule has 4 aromatic rings. The van der Waals surface area contributed by atoms with Crippen molar-refractivity contribution in [3.05, 3.63) is 131 Å². The molecular formula is C27H22ClNO. The van der Waals surface area contributed by atoms with Gasteiger partial charge in [-0.25, -0.2) is 0 Å². The average Bonchev–Trinajstić information content (AvgIpc) is 2.80. The van der Waals surface area contributed by atoms with E-state index in [4.69, 9.17) is 11.6 Å². The van der Waals surface area contributed by atoms with Crippen LogP contribution in [0.1, 0.15) is 21.5 Å². The maximum Gasteiger partial charge on any atom is 0.255 e. The molecule has 30 heavy (non-hydrogen) atoms. The Kier molecular flexibility index (Phi) is 6.26. The van der Waals surface area contributed by atoms with Crippen LogP contribution in [0.25, 0.3) is 11.1 Å². The lowest BCUT2D eigenvalue weighted by molar-refractivity contribution is 0.0731. The van der Waals surface area contributed by atoms with Gasteiger partial charge >= 0.3 is 0 Å². The van der Waals surface area contributed by atoms with Crippen molar-refractivity contribution < 1.29 is 4.79 Å². The lowest BCUT2D eigenvalue weighted by Gasteiger charge is -2.24. The topological polar surface area (TPSA) is 20.3 Å². The molecule has 0 saturated heterocycles. The highest BCUT2D eigenvalue weighted by atomic mass is 35.5. The van der Waals surface area contributed by atoms with Crippen LogP contribution in [-0.2, 0) is 13.1 Å². The SMILES string of the molecule is O=C(c1ccccc1-c1ccccc1Cl)N(Cc1ccccc1)Cc1ccccc1. The van der Waals surface area contributed by atoms with Crippen molar-refractivity contribution in [3.63, 3.8) is 0 Å².